The van der Waals surface area contributed by atoms with Gasteiger partial charge in [0.25, 0.3) is 7.41 Å². The molecule has 0 atom stereocenters. The van der Waals surface area contributed by atoms with Gasteiger partial charge in [-0.3, -0.25) is 4.79 Å². The molecule has 53 valence electrons. The molecule has 1 heterocycles. The maximum absolute atomic E-state index is 11.3. The second-order valence-corrected chi connectivity index (χ2v) is 2.63. The van der Waals surface area contributed by atoms with Crippen LogP contribution in [-0.4, -0.2) is 25.2 Å². The number of nitrogens with zero attached hydrogens (tertiary/aromatic N) is 1. The highest BCUT2D eigenvalue weighted by atomic mass is 16.2. The van der Waals surface area contributed by atoms with Crippen LogP contribution in [0.1, 0.15) is 10.4 Å². The minimum atomic E-state index is 0.0839. The van der Waals surface area contributed by atoms with Crippen molar-refractivity contribution in [1.82, 2.24) is 4.81 Å². The van der Waals surface area contributed by atoms with E-state index in [1.165, 1.54) is 0 Å². The summed E-state index contributed by atoms with van der Waals surface area (Å²) in [5, 5.41) is 0. The molecule has 0 N–H and O–H groups in total. The van der Waals surface area contributed by atoms with Crippen LogP contribution in [0, 0.1) is 0 Å². The normalized spacial score (nSPS) is 14.6. The fraction of sp³-hybridized carbons (Fsp3) is 0.125. The highest BCUT2D eigenvalue weighted by molar-refractivity contribution is 6.60. The number of carbonyl (C=O) groups is 1. The van der Waals surface area contributed by atoms with Crippen LogP contribution in [0.25, 0.3) is 0 Å². The number of fused-ring (bicyclic) bond motifs is 1. The quantitative estimate of drug-likeness (QED) is 0.470. The molecule has 1 aromatic rings. The summed E-state index contributed by atoms with van der Waals surface area (Å²) >= 11 is 0. The van der Waals surface area contributed by atoms with Crippen molar-refractivity contribution < 1.29 is 4.79 Å². The molecule has 0 aromatic heterocycles. The smallest absolute Gasteiger partial charge is 0.289 e. The van der Waals surface area contributed by atoms with Crippen molar-refractivity contribution in [3.63, 3.8) is 0 Å². The lowest BCUT2D eigenvalue weighted by Gasteiger charge is -2.03. The molecule has 1 aliphatic rings. The maximum Gasteiger partial charge on any atom is 0.289 e. The molecule has 1 aromatic carbocycles. The van der Waals surface area contributed by atoms with Crippen molar-refractivity contribution in [3.05, 3.63) is 29.8 Å². The Morgan fingerprint density at radius 1 is 1.36 bits per heavy atom. The Labute approximate surface area is 66.1 Å². The van der Waals surface area contributed by atoms with Crippen molar-refractivity contribution in [3.8, 4) is 0 Å². The molecule has 1 radical (unpaired) electrons. The van der Waals surface area contributed by atoms with Gasteiger partial charge in [0.05, 0.1) is 0 Å². The van der Waals surface area contributed by atoms with Crippen LogP contribution < -0.4 is 5.46 Å². The number of carbonyl (C=O) groups excluding carboxylic acids is 1. The van der Waals surface area contributed by atoms with Crippen LogP contribution in [0.2, 0.25) is 0 Å². The SMILES string of the molecule is CN1[B]c2ccccc2C1=O. The molecule has 11 heavy (non-hydrogen) atoms. The second kappa shape index (κ2) is 2.12. The van der Waals surface area contributed by atoms with Crippen LogP contribution in [0.4, 0.5) is 0 Å². The van der Waals surface area contributed by atoms with Gasteiger partial charge in [-0.15, -0.1) is 0 Å². The first-order valence-corrected chi connectivity index (χ1v) is 3.50. The summed E-state index contributed by atoms with van der Waals surface area (Å²) in [6, 6.07) is 7.60. The molecule has 1 amide bonds. The number of benzene rings is 1. The molecule has 0 unspecified atom stereocenters. The summed E-state index contributed by atoms with van der Waals surface area (Å²) in [6.07, 6.45) is 0. The van der Waals surface area contributed by atoms with Crippen molar-refractivity contribution >= 4 is 18.8 Å². The predicted molar refractivity (Wildman–Crippen MR) is 43.9 cm³/mol. The molecule has 3 heteroatoms. The Bertz CT molecular complexity index is 311. The maximum atomic E-state index is 11.3. The molecule has 0 bridgehead atoms. The Hall–Kier alpha value is -1.25. The van der Waals surface area contributed by atoms with E-state index in [1.807, 2.05) is 31.7 Å². The van der Waals surface area contributed by atoms with Crippen LogP contribution in [0.5, 0.6) is 0 Å². The van der Waals surface area contributed by atoms with Crippen LogP contribution >= 0.6 is 0 Å². The summed E-state index contributed by atoms with van der Waals surface area (Å²) in [7, 11) is 3.61. The highest BCUT2D eigenvalue weighted by Crippen LogP contribution is 2.06. The van der Waals surface area contributed by atoms with E-state index in [-0.39, 0.29) is 5.91 Å². The molecular weight excluding hydrogens is 137 g/mol. The summed E-state index contributed by atoms with van der Waals surface area (Å²) in [5.41, 5.74) is 1.81. The van der Waals surface area contributed by atoms with Gasteiger partial charge in [0, 0.05) is 5.56 Å². The minimum Gasteiger partial charge on any atom is -0.384 e. The second-order valence-electron chi connectivity index (χ2n) is 2.63. The Kier molecular flexibility index (Phi) is 1.25. The van der Waals surface area contributed by atoms with Gasteiger partial charge in [-0.25, -0.2) is 0 Å². The molecule has 0 saturated carbocycles. The fourth-order valence-corrected chi connectivity index (χ4v) is 1.26. The average Bonchev–Trinajstić information content (AvgIpc) is 2.30. The van der Waals surface area contributed by atoms with E-state index >= 15 is 0 Å². The molecule has 1 aliphatic heterocycles. The zero-order chi connectivity index (χ0) is 7.84. The van der Waals surface area contributed by atoms with Gasteiger partial charge >= 0.3 is 0 Å². The van der Waals surface area contributed by atoms with Gasteiger partial charge in [0.1, 0.15) is 0 Å². The van der Waals surface area contributed by atoms with Crippen LogP contribution in [0.15, 0.2) is 24.3 Å². The van der Waals surface area contributed by atoms with Gasteiger partial charge in [0.2, 0.25) is 5.91 Å². The molecule has 0 spiro atoms. The van der Waals surface area contributed by atoms with Crippen molar-refractivity contribution in [2.24, 2.45) is 0 Å². The summed E-state index contributed by atoms with van der Waals surface area (Å²) in [6.45, 7) is 0. The number of hydrogen-bond donors (Lipinski definition) is 0. The zero-order valence-corrected chi connectivity index (χ0v) is 6.24. The lowest BCUT2D eigenvalue weighted by atomic mass is 9.83. The Balaban J connectivity index is 2.55. The first kappa shape index (κ1) is 6.46. The molecule has 0 saturated heterocycles. The van der Waals surface area contributed by atoms with E-state index in [2.05, 4.69) is 0 Å². The molecule has 2 nitrogen and oxygen atoms in total. The summed E-state index contributed by atoms with van der Waals surface area (Å²) < 4.78 is 0. The van der Waals surface area contributed by atoms with Gasteiger partial charge in [0.15, 0.2) is 0 Å². The van der Waals surface area contributed by atoms with Crippen molar-refractivity contribution in [2.45, 2.75) is 0 Å². The first-order valence-electron chi connectivity index (χ1n) is 3.50. The van der Waals surface area contributed by atoms with Crippen molar-refractivity contribution in [1.29, 1.82) is 0 Å². The lowest BCUT2D eigenvalue weighted by Crippen LogP contribution is -2.25. The van der Waals surface area contributed by atoms with Gasteiger partial charge < -0.3 is 4.81 Å². The molecule has 0 aliphatic carbocycles. The third kappa shape index (κ3) is 0.844. The topological polar surface area (TPSA) is 20.3 Å². The van der Waals surface area contributed by atoms with E-state index < -0.39 is 0 Å². The van der Waals surface area contributed by atoms with E-state index in [0.717, 1.165) is 11.0 Å². The van der Waals surface area contributed by atoms with Gasteiger partial charge in [-0.2, -0.15) is 0 Å². The fourth-order valence-electron chi connectivity index (χ4n) is 1.26. The number of amides is 1. The van der Waals surface area contributed by atoms with E-state index in [4.69, 9.17) is 0 Å². The monoisotopic (exact) mass is 144 g/mol. The van der Waals surface area contributed by atoms with Crippen molar-refractivity contribution in [2.75, 3.05) is 7.05 Å². The van der Waals surface area contributed by atoms with Crippen LogP contribution in [0.3, 0.4) is 0 Å². The molecular formula is C8H7BNO. The third-order valence-corrected chi connectivity index (χ3v) is 1.84. The lowest BCUT2D eigenvalue weighted by molar-refractivity contribution is 0.0891. The largest absolute Gasteiger partial charge is 0.384 e. The Morgan fingerprint density at radius 3 is 2.82 bits per heavy atom. The van der Waals surface area contributed by atoms with E-state index in [9.17, 15) is 4.79 Å². The Morgan fingerprint density at radius 2 is 2.09 bits per heavy atom. The standard InChI is InChI=1S/C8H7BNO/c1-10-8(11)6-4-2-3-5-7(6)9-10/h2-5H,1H3. The van der Waals surface area contributed by atoms with Crippen LogP contribution in [-0.2, 0) is 0 Å². The first-order chi connectivity index (χ1) is 5.29. The summed E-state index contributed by atoms with van der Waals surface area (Å²) in [4.78, 5) is 12.9. The average molecular weight is 144 g/mol. The minimum absolute atomic E-state index is 0.0839. The van der Waals surface area contributed by atoms with E-state index in [1.54, 1.807) is 11.9 Å². The third-order valence-electron chi connectivity index (χ3n) is 1.84. The predicted octanol–water partition coefficient (Wildman–Crippen LogP) is 0.0167. The van der Waals surface area contributed by atoms with Gasteiger partial charge in [-0.1, -0.05) is 18.2 Å². The van der Waals surface area contributed by atoms with Gasteiger partial charge in [-0.05, 0) is 18.6 Å². The highest BCUT2D eigenvalue weighted by Gasteiger charge is 2.24. The molecule has 0 fully saturated rings. The number of rotatable bonds is 0. The molecule has 2 rings (SSSR count). The number of hydrogen-bond acceptors (Lipinski definition) is 1. The zero-order valence-electron chi connectivity index (χ0n) is 6.24. The summed E-state index contributed by atoms with van der Waals surface area (Å²) in [5.74, 6) is 0.0839. The van der Waals surface area contributed by atoms with E-state index in [0.29, 0.717) is 0 Å².